The van der Waals surface area contributed by atoms with E-state index in [2.05, 4.69) is 16.2 Å². The molecule has 114 valence electrons. The van der Waals surface area contributed by atoms with Crippen molar-refractivity contribution in [3.63, 3.8) is 0 Å². The van der Waals surface area contributed by atoms with E-state index < -0.39 is 12.4 Å². The molecule has 2 aromatic rings. The van der Waals surface area contributed by atoms with Gasteiger partial charge in [-0.15, -0.1) is 6.42 Å². The van der Waals surface area contributed by atoms with Gasteiger partial charge in [0.25, 0.3) is 0 Å². The summed E-state index contributed by atoms with van der Waals surface area (Å²) in [6, 6.07) is 7.14. The standard InChI is InChI=1S/C15H14N2O4S/c1-3-9-6-5-7-10(8-9)12-16-11(14(18)21-4-2)13(22-12)17-15(19)20/h1,5-8,14,17-18H,4H2,2H3,(H,19,20). The van der Waals surface area contributed by atoms with Gasteiger partial charge in [-0.1, -0.05) is 29.4 Å². The number of thiazole rings is 1. The van der Waals surface area contributed by atoms with Crippen LogP contribution >= 0.6 is 11.3 Å². The molecule has 0 aliphatic rings. The summed E-state index contributed by atoms with van der Waals surface area (Å²) in [6.45, 7) is 1.99. The molecule has 0 radical (unpaired) electrons. The molecule has 6 nitrogen and oxygen atoms in total. The van der Waals surface area contributed by atoms with Crippen molar-refractivity contribution in [2.75, 3.05) is 11.9 Å². The zero-order valence-electron chi connectivity index (χ0n) is 11.7. The lowest BCUT2D eigenvalue weighted by Gasteiger charge is -2.09. The first-order valence-corrected chi connectivity index (χ1v) is 7.24. The zero-order chi connectivity index (χ0) is 16.1. The minimum Gasteiger partial charge on any atom is -0.465 e. The van der Waals surface area contributed by atoms with E-state index in [9.17, 15) is 9.90 Å². The van der Waals surface area contributed by atoms with Crippen molar-refractivity contribution in [2.45, 2.75) is 13.2 Å². The smallest absolute Gasteiger partial charge is 0.409 e. The normalized spacial score (nSPS) is 11.7. The number of nitrogens with one attached hydrogen (secondary N) is 1. The van der Waals surface area contributed by atoms with Crippen LogP contribution in [0.4, 0.5) is 9.80 Å². The van der Waals surface area contributed by atoms with Gasteiger partial charge in [-0.05, 0) is 19.1 Å². The molecule has 0 saturated carbocycles. The molecule has 1 unspecified atom stereocenters. The second-order valence-corrected chi connectivity index (χ2v) is 5.20. The number of carboxylic acid groups (broad SMARTS) is 1. The van der Waals surface area contributed by atoms with Crippen molar-refractivity contribution < 1.29 is 19.7 Å². The van der Waals surface area contributed by atoms with E-state index >= 15 is 0 Å². The third-order valence-electron chi connectivity index (χ3n) is 2.71. The molecular formula is C15H14N2O4S. The quantitative estimate of drug-likeness (QED) is 0.582. The fraction of sp³-hybridized carbons (Fsp3) is 0.200. The Kier molecular flexibility index (Phi) is 5.12. The number of rotatable bonds is 5. The number of benzene rings is 1. The highest BCUT2D eigenvalue weighted by molar-refractivity contribution is 7.19. The summed E-state index contributed by atoms with van der Waals surface area (Å²) in [5, 5.41) is 21.8. The van der Waals surface area contributed by atoms with Crippen molar-refractivity contribution in [1.82, 2.24) is 4.98 Å². The number of carbonyl (C=O) groups is 1. The summed E-state index contributed by atoms with van der Waals surface area (Å²) < 4.78 is 5.08. The zero-order valence-corrected chi connectivity index (χ0v) is 12.6. The van der Waals surface area contributed by atoms with Crippen LogP contribution in [0.2, 0.25) is 0 Å². The van der Waals surface area contributed by atoms with Gasteiger partial charge in [0, 0.05) is 17.7 Å². The van der Waals surface area contributed by atoms with E-state index in [1.54, 1.807) is 31.2 Å². The molecule has 1 aromatic carbocycles. The van der Waals surface area contributed by atoms with Crippen molar-refractivity contribution in [2.24, 2.45) is 0 Å². The largest absolute Gasteiger partial charge is 0.465 e. The first-order valence-electron chi connectivity index (χ1n) is 6.42. The fourth-order valence-electron chi connectivity index (χ4n) is 1.79. The first kappa shape index (κ1) is 16.0. The fourth-order valence-corrected chi connectivity index (χ4v) is 2.76. The van der Waals surface area contributed by atoms with E-state index in [0.29, 0.717) is 10.6 Å². The minimum atomic E-state index is -1.30. The van der Waals surface area contributed by atoms with Crippen LogP contribution in [0.3, 0.4) is 0 Å². The molecule has 7 heteroatoms. The van der Waals surface area contributed by atoms with Crippen LogP contribution in [0.25, 0.3) is 10.6 Å². The van der Waals surface area contributed by atoms with Gasteiger partial charge >= 0.3 is 6.09 Å². The lowest BCUT2D eigenvalue weighted by molar-refractivity contribution is -0.0998. The van der Waals surface area contributed by atoms with Gasteiger partial charge in [-0.2, -0.15) is 0 Å². The molecule has 3 N–H and O–H groups in total. The Labute approximate surface area is 131 Å². The van der Waals surface area contributed by atoms with Crippen molar-refractivity contribution in [3.8, 4) is 22.9 Å². The van der Waals surface area contributed by atoms with E-state index in [0.717, 1.165) is 16.9 Å². The summed E-state index contributed by atoms with van der Waals surface area (Å²) in [5.74, 6) is 2.53. The summed E-state index contributed by atoms with van der Waals surface area (Å²) in [7, 11) is 0. The summed E-state index contributed by atoms with van der Waals surface area (Å²) in [4.78, 5) is 15.1. The Morgan fingerprint density at radius 1 is 1.59 bits per heavy atom. The van der Waals surface area contributed by atoms with Crippen LogP contribution in [-0.4, -0.2) is 27.9 Å². The van der Waals surface area contributed by atoms with Gasteiger partial charge in [0.2, 0.25) is 6.29 Å². The van der Waals surface area contributed by atoms with Crippen LogP contribution in [0.1, 0.15) is 24.5 Å². The van der Waals surface area contributed by atoms with Gasteiger partial charge in [0.15, 0.2) is 0 Å². The van der Waals surface area contributed by atoms with Crippen LogP contribution in [0, 0.1) is 12.3 Å². The average molecular weight is 318 g/mol. The second-order valence-electron chi connectivity index (χ2n) is 4.20. The molecular weight excluding hydrogens is 304 g/mol. The molecule has 0 aliphatic heterocycles. The molecule has 1 amide bonds. The highest BCUT2D eigenvalue weighted by atomic mass is 32.1. The molecule has 0 bridgehead atoms. The van der Waals surface area contributed by atoms with Crippen molar-refractivity contribution in [1.29, 1.82) is 0 Å². The predicted molar refractivity (Wildman–Crippen MR) is 83.7 cm³/mol. The molecule has 0 saturated heterocycles. The predicted octanol–water partition coefficient (Wildman–Crippen LogP) is 2.91. The lowest BCUT2D eigenvalue weighted by atomic mass is 10.1. The maximum Gasteiger partial charge on any atom is 0.409 e. The second kappa shape index (κ2) is 7.04. The third kappa shape index (κ3) is 3.62. The maximum absolute atomic E-state index is 10.9. The number of aliphatic hydroxyl groups is 1. The summed E-state index contributed by atoms with van der Waals surface area (Å²) in [6.07, 6.45) is 2.83. The van der Waals surface area contributed by atoms with Gasteiger partial charge < -0.3 is 14.9 Å². The van der Waals surface area contributed by atoms with Crippen LogP contribution in [-0.2, 0) is 4.74 Å². The van der Waals surface area contributed by atoms with E-state index in [1.165, 1.54) is 0 Å². The summed E-state index contributed by atoms with van der Waals surface area (Å²) >= 11 is 1.10. The van der Waals surface area contributed by atoms with Gasteiger partial charge in [0.05, 0.1) is 0 Å². The van der Waals surface area contributed by atoms with E-state index in [1.807, 2.05) is 0 Å². The maximum atomic E-state index is 10.9. The number of hydrogen-bond acceptors (Lipinski definition) is 5. The number of nitrogens with zero attached hydrogens (tertiary/aromatic N) is 1. The number of amides is 1. The van der Waals surface area contributed by atoms with E-state index in [-0.39, 0.29) is 17.3 Å². The average Bonchev–Trinajstić information content (AvgIpc) is 2.91. The topological polar surface area (TPSA) is 91.7 Å². The first-order chi connectivity index (χ1) is 10.5. The highest BCUT2D eigenvalue weighted by Crippen LogP contribution is 2.35. The Morgan fingerprint density at radius 3 is 3.00 bits per heavy atom. The molecule has 1 aromatic heterocycles. The molecule has 0 spiro atoms. The Balaban J connectivity index is 2.44. The minimum absolute atomic E-state index is 0.135. The Morgan fingerprint density at radius 2 is 2.36 bits per heavy atom. The van der Waals surface area contributed by atoms with Crippen LogP contribution in [0.5, 0.6) is 0 Å². The van der Waals surface area contributed by atoms with Crippen molar-refractivity contribution >= 4 is 22.4 Å². The van der Waals surface area contributed by atoms with Crippen LogP contribution < -0.4 is 5.32 Å². The molecule has 1 heterocycles. The molecule has 0 fully saturated rings. The number of hydrogen-bond donors (Lipinski definition) is 3. The lowest BCUT2D eigenvalue weighted by Crippen LogP contribution is -2.11. The Hall–Kier alpha value is -2.40. The number of anilines is 1. The Bertz CT molecular complexity index is 721. The molecule has 2 rings (SSSR count). The highest BCUT2D eigenvalue weighted by Gasteiger charge is 2.21. The van der Waals surface area contributed by atoms with Gasteiger partial charge in [-0.25, -0.2) is 9.78 Å². The summed E-state index contributed by atoms with van der Waals surface area (Å²) in [5.41, 5.74) is 1.56. The number of terminal acetylenes is 1. The monoisotopic (exact) mass is 318 g/mol. The third-order valence-corrected chi connectivity index (χ3v) is 3.74. The molecule has 1 atom stereocenters. The molecule has 22 heavy (non-hydrogen) atoms. The number of aliphatic hydroxyl groups excluding tert-OH is 1. The number of ether oxygens (including phenoxy) is 1. The van der Waals surface area contributed by atoms with Gasteiger partial charge in [-0.3, -0.25) is 5.32 Å². The SMILES string of the molecule is C#Cc1cccc(-c2nc(C(O)OCC)c(NC(=O)O)s2)c1. The van der Waals surface area contributed by atoms with Gasteiger partial charge in [0.1, 0.15) is 15.7 Å². The molecule has 0 aliphatic carbocycles. The van der Waals surface area contributed by atoms with Crippen LogP contribution in [0.15, 0.2) is 24.3 Å². The number of aromatic nitrogens is 1. The van der Waals surface area contributed by atoms with Crippen molar-refractivity contribution in [3.05, 3.63) is 35.5 Å². The van der Waals surface area contributed by atoms with E-state index in [4.69, 9.17) is 16.3 Å².